The molecule has 0 aromatic carbocycles. The third kappa shape index (κ3) is 2.81. The Balaban J connectivity index is 2.04. The minimum Gasteiger partial charge on any atom is -0.345 e. The summed E-state index contributed by atoms with van der Waals surface area (Å²) in [5, 5.41) is 14.7. The smallest absolute Gasteiger partial charge is 0.272 e. The molecule has 0 radical (unpaired) electrons. The van der Waals surface area contributed by atoms with E-state index in [9.17, 15) is 4.79 Å². The minimum absolute atomic E-state index is 0.191. The largest absolute Gasteiger partial charge is 0.345 e. The van der Waals surface area contributed by atoms with Crippen LogP contribution in [0, 0.1) is 6.92 Å². The van der Waals surface area contributed by atoms with Crippen LogP contribution in [0.3, 0.4) is 0 Å². The molecular weight excluding hydrogens is 244 g/mol. The van der Waals surface area contributed by atoms with Gasteiger partial charge in [-0.05, 0) is 26.8 Å². The van der Waals surface area contributed by atoms with E-state index in [2.05, 4.69) is 20.7 Å². The maximum Gasteiger partial charge on any atom is 0.272 e. The van der Waals surface area contributed by atoms with E-state index < -0.39 is 0 Å². The van der Waals surface area contributed by atoms with Crippen molar-refractivity contribution < 1.29 is 4.79 Å². The van der Waals surface area contributed by atoms with Gasteiger partial charge in [-0.25, -0.2) is 0 Å². The number of hydrogen-bond donors (Lipinski definition) is 1. The van der Waals surface area contributed by atoms with Crippen LogP contribution < -0.4 is 5.32 Å². The molecule has 0 atom stereocenters. The van der Waals surface area contributed by atoms with Crippen molar-refractivity contribution in [1.82, 2.24) is 30.1 Å². The van der Waals surface area contributed by atoms with Crippen molar-refractivity contribution in [3.63, 3.8) is 0 Å². The molecule has 2 heterocycles. The molecule has 7 nitrogen and oxygen atoms in total. The molecule has 7 heteroatoms. The van der Waals surface area contributed by atoms with Gasteiger partial charge in [-0.1, -0.05) is 5.21 Å². The molecule has 19 heavy (non-hydrogen) atoms. The van der Waals surface area contributed by atoms with Crippen molar-refractivity contribution in [3.05, 3.63) is 29.3 Å². The second-order valence-corrected chi connectivity index (χ2v) is 4.74. The highest BCUT2D eigenvalue weighted by Crippen LogP contribution is 2.10. The first-order valence-electron chi connectivity index (χ1n) is 6.17. The lowest BCUT2D eigenvalue weighted by Crippen LogP contribution is -2.24. The Bertz CT molecular complexity index is 583. The number of hydrogen-bond acceptors (Lipinski definition) is 4. The Kier molecular flexibility index (Phi) is 3.64. The van der Waals surface area contributed by atoms with Crippen LogP contribution in [0.4, 0.5) is 0 Å². The van der Waals surface area contributed by atoms with Crippen LogP contribution >= 0.6 is 0 Å². The topological polar surface area (TPSA) is 77.6 Å². The molecule has 0 aliphatic heterocycles. The molecule has 2 aromatic rings. The summed E-state index contributed by atoms with van der Waals surface area (Å²) in [6, 6.07) is 2.03. The van der Waals surface area contributed by atoms with E-state index in [1.807, 2.05) is 25.5 Å². The van der Waals surface area contributed by atoms with Gasteiger partial charge in [0.1, 0.15) is 5.69 Å². The van der Waals surface area contributed by atoms with Gasteiger partial charge in [0, 0.05) is 18.8 Å². The predicted octanol–water partition coefficient (Wildman–Crippen LogP) is 0.831. The maximum atomic E-state index is 12.0. The average Bonchev–Trinajstić information content (AvgIpc) is 2.92. The van der Waals surface area contributed by atoms with E-state index >= 15 is 0 Å². The number of aromatic nitrogens is 5. The number of nitrogens with zero attached hydrogens (tertiary/aromatic N) is 5. The normalized spacial score (nSPS) is 11.0. The summed E-state index contributed by atoms with van der Waals surface area (Å²) in [7, 11) is 1.78. The van der Waals surface area contributed by atoms with Crippen molar-refractivity contribution in [2.45, 2.75) is 33.4 Å². The van der Waals surface area contributed by atoms with Crippen LogP contribution in [-0.4, -0.2) is 30.7 Å². The van der Waals surface area contributed by atoms with E-state index in [1.165, 1.54) is 0 Å². The highest BCUT2D eigenvalue weighted by Gasteiger charge is 2.14. The van der Waals surface area contributed by atoms with Gasteiger partial charge in [0.05, 0.1) is 18.4 Å². The van der Waals surface area contributed by atoms with Crippen LogP contribution in [-0.2, 0) is 13.6 Å². The molecule has 0 aliphatic carbocycles. The molecule has 2 aromatic heterocycles. The number of aryl methyl sites for hydroxylation is 2. The molecule has 0 saturated heterocycles. The van der Waals surface area contributed by atoms with Gasteiger partial charge in [-0.15, -0.1) is 5.10 Å². The Morgan fingerprint density at radius 1 is 1.47 bits per heavy atom. The second-order valence-electron chi connectivity index (χ2n) is 4.74. The lowest BCUT2D eigenvalue weighted by molar-refractivity contribution is 0.0944. The third-order valence-electron chi connectivity index (χ3n) is 2.88. The summed E-state index contributed by atoms with van der Waals surface area (Å²) >= 11 is 0. The van der Waals surface area contributed by atoms with Gasteiger partial charge >= 0.3 is 0 Å². The summed E-state index contributed by atoms with van der Waals surface area (Å²) in [5.41, 5.74) is 2.25. The van der Waals surface area contributed by atoms with Gasteiger partial charge in [0.15, 0.2) is 0 Å². The van der Waals surface area contributed by atoms with Crippen molar-refractivity contribution in [1.29, 1.82) is 0 Å². The number of amides is 1. The monoisotopic (exact) mass is 262 g/mol. The predicted molar refractivity (Wildman–Crippen MR) is 69.5 cm³/mol. The Hall–Kier alpha value is -2.18. The molecule has 1 N–H and O–H groups in total. The van der Waals surface area contributed by atoms with Gasteiger partial charge in [-0.3, -0.25) is 14.2 Å². The summed E-state index contributed by atoms with van der Waals surface area (Å²) in [6.45, 7) is 6.39. The first-order chi connectivity index (χ1) is 8.99. The molecule has 0 fully saturated rings. The summed E-state index contributed by atoms with van der Waals surface area (Å²) in [5.74, 6) is -0.191. The molecule has 2 rings (SSSR count). The van der Waals surface area contributed by atoms with Crippen molar-refractivity contribution in [2.24, 2.45) is 7.05 Å². The van der Waals surface area contributed by atoms with Gasteiger partial charge in [0.2, 0.25) is 0 Å². The number of nitrogens with one attached hydrogen (secondary N) is 1. The molecule has 0 saturated carbocycles. The first-order valence-corrected chi connectivity index (χ1v) is 6.17. The fourth-order valence-electron chi connectivity index (χ4n) is 1.85. The molecule has 1 amide bonds. The zero-order chi connectivity index (χ0) is 14.0. The second kappa shape index (κ2) is 5.21. The number of carbonyl (C=O) groups excluding carboxylic acids is 1. The Morgan fingerprint density at radius 3 is 2.74 bits per heavy atom. The van der Waals surface area contributed by atoms with E-state index in [4.69, 9.17) is 0 Å². The average molecular weight is 262 g/mol. The maximum absolute atomic E-state index is 12.0. The third-order valence-corrected chi connectivity index (χ3v) is 2.88. The van der Waals surface area contributed by atoms with Crippen LogP contribution in [0.15, 0.2) is 12.3 Å². The van der Waals surface area contributed by atoms with Gasteiger partial charge < -0.3 is 5.32 Å². The van der Waals surface area contributed by atoms with E-state index in [0.29, 0.717) is 12.2 Å². The summed E-state index contributed by atoms with van der Waals surface area (Å²) < 4.78 is 3.46. The van der Waals surface area contributed by atoms with Crippen LogP contribution in [0.25, 0.3) is 0 Å². The molecule has 0 bridgehead atoms. The SMILES string of the molecule is Cc1cc(C(=O)NCc2cnnn2C)nn1C(C)C. The Morgan fingerprint density at radius 2 is 2.21 bits per heavy atom. The highest BCUT2D eigenvalue weighted by atomic mass is 16.1. The minimum atomic E-state index is -0.191. The lowest BCUT2D eigenvalue weighted by atomic mass is 10.3. The first kappa shape index (κ1) is 13.3. The fourth-order valence-corrected chi connectivity index (χ4v) is 1.85. The van der Waals surface area contributed by atoms with Crippen molar-refractivity contribution in [3.8, 4) is 0 Å². The van der Waals surface area contributed by atoms with Crippen molar-refractivity contribution >= 4 is 5.91 Å². The zero-order valence-electron chi connectivity index (χ0n) is 11.6. The van der Waals surface area contributed by atoms with E-state index in [1.54, 1.807) is 24.0 Å². The summed E-state index contributed by atoms with van der Waals surface area (Å²) in [4.78, 5) is 12.0. The van der Waals surface area contributed by atoms with E-state index in [-0.39, 0.29) is 11.9 Å². The fraction of sp³-hybridized carbons (Fsp3) is 0.500. The molecule has 0 unspecified atom stereocenters. The number of carbonyl (C=O) groups is 1. The van der Waals surface area contributed by atoms with Gasteiger partial charge in [-0.2, -0.15) is 5.10 Å². The molecule has 102 valence electrons. The standard InChI is InChI=1S/C12H18N6O/c1-8(2)18-9(3)5-11(15-18)12(19)13-6-10-7-14-16-17(10)4/h5,7-8H,6H2,1-4H3,(H,13,19). The molecule has 0 spiro atoms. The quantitative estimate of drug-likeness (QED) is 0.885. The van der Waals surface area contributed by atoms with Crippen LogP contribution in [0.2, 0.25) is 0 Å². The van der Waals surface area contributed by atoms with Crippen molar-refractivity contribution in [2.75, 3.05) is 0 Å². The Labute approximate surface area is 111 Å². The van der Waals surface area contributed by atoms with Crippen LogP contribution in [0.1, 0.15) is 41.8 Å². The summed E-state index contributed by atoms with van der Waals surface area (Å²) in [6.07, 6.45) is 1.62. The molecule has 0 aliphatic rings. The number of rotatable bonds is 4. The lowest BCUT2D eigenvalue weighted by Gasteiger charge is -2.07. The van der Waals surface area contributed by atoms with E-state index in [0.717, 1.165) is 11.4 Å². The van der Waals surface area contributed by atoms with Gasteiger partial charge in [0.25, 0.3) is 5.91 Å². The zero-order valence-corrected chi connectivity index (χ0v) is 11.6. The van der Waals surface area contributed by atoms with Crippen LogP contribution in [0.5, 0.6) is 0 Å². The molecular formula is C12H18N6O. The highest BCUT2D eigenvalue weighted by molar-refractivity contribution is 5.92.